The molecular weight excluding hydrogens is 308 g/mol. The number of rotatable bonds is 5. The molecule has 1 aliphatic rings. The second kappa shape index (κ2) is 7.42. The molecule has 24 heavy (non-hydrogen) atoms. The Hall–Kier alpha value is -2.44. The minimum absolute atomic E-state index is 0.142. The number of furan rings is 1. The first-order chi connectivity index (χ1) is 11.6. The average molecular weight is 328 g/mol. The van der Waals surface area contributed by atoms with Gasteiger partial charge in [0.15, 0.2) is 11.5 Å². The van der Waals surface area contributed by atoms with Gasteiger partial charge in [-0.25, -0.2) is 0 Å². The summed E-state index contributed by atoms with van der Waals surface area (Å²) in [5.41, 5.74) is 1.64. The van der Waals surface area contributed by atoms with E-state index in [1.807, 2.05) is 24.0 Å². The first kappa shape index (κ1) is 16.4. The number of ether oxygens (including phenoxy) is 1. The SMILES string of the molecule is Cc1ccc(C(=O)[C@H](NC(=O)c2ccco2)N2CCOCC2)cc1. The molecular formula is C18H20N2O4. The van der Waals surface area contributed by atoms with E-state index in [9.17, 15) is 9.59 Å². The molecule has 2 aromatic rings. The minimum Gasteiger partial charge on any atom is -0.459 e. The van der Waals surface area contributed by atoms with E-state index in [1.165, 1.54) is 6.26 Å². The van der Waals surface area contributed by atoms with Crippen molar-refractivity contribution >= 4 is 11.7 Å². The van der Waals surface area contributed by atoms with Gasteiger partial charge in [0.1, 0.15) is 6.17 Å². The van der Waals surface area contributed by atoms with Crippen molar-refractivity contribution in [2.75, 3.05) is 26.3 Å². The zero-order valence-electron chi connectivity index (χ0n) is 13.5. The molecule has 0 unspecified atom stereocenters. The molecule has 0 bridgehead atoms. The molecule has 126 valence electrons. The molecule has 1 amide bonds. The van der Waals surface area contributed by atoms with E-state index in [4.69, 9.17) is 9.15 Å². The van der Waals surface area contributed by atoms with E-state index in [0.717, 1.165) is 5.56 Å². The van der Waals surface area contributed by atoms with Crippen molar-refractivity contribution in [2.45, 2.75) is 13.1 Å². The van der Waals surface area contributed by atoms with Gasteiger partial charge in [0.2, 0.25) is 0 Å². The fourth-order valence-corrected chi connectivity index (χ4v) is 2.64. The third-order valence-electron chi connectivity index (χ3n) is 4.01. The van der Waals surface area contributed by atoms with Crippen molar-refractivity contribution in [1.82, 2.24) is 10.2 Å². The van der Waals surface area contributed by atoms with E-state index in [-0.39, 0.29) is 11.5 Å². The summed E-state index contributed by atoms with van der Waals surface area (Å²) in [4.78, 5) is 27.2. The fourth-order valence-electron chi connectivity index (χ4n) is 2.64. The van der Waals surface area contributed by atoms with Gasteiger partial charge in [0.05, 0.1) is 19.5 Å². The summed E-state index contributed by atoms with van der Waals surface area (Å²) in [6.45, 7) is 4.20. The van der Waals surface area contributed by atoms with Gasteiger partial charge in [0.25, 0.3) is 5.91 Å². The van der Waals surface area contributed by atoms with Crippen LogP contribution in [0.3, 0.4) is 0 Å². The highest BCUT2D eigenvalue weighted by atomic mass is 16.5. The molecule has 1 atom stereocenters. The number of carbonyl (C=O) groups excluding carboxylic acids is 2. The largest absolute Gasteiger partial charge is 0.459 e. The summed E-state index contributed by atoms with van der Waals surface area (Å²) in [6, 6.07) is 10.5. The fraction of sp³-hybridized carbons (Fsp3) is 0.333. The van der Waals surface area contributed by atoms with Crippen LogP contribution >= 0.6 is 0 Å². The van der Waals surface area contributed by atoms with Crippen molar-refractivity contribution in [3.05, 3.63) is 59.5 Å². The lowest BCUT2D eigenvalue weighted by molar-refractivity contribution is 0.0108. The third kappa shape index (κ3) is 3.72. The van der Waals surface area contributed by atoms with Crippen molar-refractivity contribution in [1.29, 1.82) is 0 Å². The number of morpholine rings is 1. The number of ketones is 1. The highest BCUT2D eigenvalue weighted by Crippen LogP contribution is 2.12. The quantitative estimate of drug-likeness (QED) is 0.848. The number of nitrogens with one attached hydrogen (secondary N) is 1. The molecule has 1 saturated heterocycles. The van der Waals surface area contributed by atoms with Gasteiger partial charge in [0, 0.05) is 18.7 Å². The number of hydrogen-bond acceptors (Lipinski definition) is 5. The highest BCUT2D eigenvalue weighted by molar-refractivity contribution is 6.03. The van der Waals surface area contributed by atoms with E-state index in [1.54, 1.807) is 24.3 Å². The van der Waals surface area contributed by atoms with Gasteiger partial charge in [-0.15, -0.1) is 0 Å². The zero-order chi connectivity index (χ0) is 16.9. The molecule has 1 N–H and O–H groups in total. The lowest BCUT2D eigenvalue weighted by Crippen LogP contribution is -2.56. The second-order valence-corrected chi connectivity index (χ2v) is 5.73. The van der Waals surface area contributed by atoms with Gasteiger partial charge in [-0.2, -0.15) is 0 Å². The van der Waals surface area contributed by atoms with Crippen LogP contribution in [0.15, 0.2) is 47.1 Å². The van der Waals surface area contributed by atoms with Gasteiger partial charge in [-0.1, -0.05) is 29.8 Å². The topological polar surface area (TPSA) is 71.8 Å². The third-order valence-corrected chi connectivity index (χ3v) is 4.01. The Labute approximate surface area is 140 Å². The molecule has 3 rings (SSSR count). The lowest BCUT2D eigenvalue weighted by Gasteiger charge is -2.33. The number of Topliss-reactive ketones (excluding diaryl/α,β-unsaturated/α-hetero) is 1. The first-order valence-corrected chi connectivity index (χ1v) is 7.92. The molecule has 1 fully saturated rings. The van der Waals surface area contributed by atoms with E-state index in [0.29, 0.717) is 31.9 Å². The maximum atomic E-state index is 12.9. The number of nitrogens with zero attached hydrogens (tertiary/aromatic N) is 1. The summed E-state index contributed by atoms with van der Waals surface area (Å²) in [5.74, 6) is -0.362. The predicted octanol–water partition coefficient (Wildman–Crippen LogP) is 1.86. The van der Waals surface area contributed by atoms with Crippen LogP contribution in [0, 0.1) is 6.92 Å². The van der Waals surface area contributed by atoms with Crippen molar-refractivity contribution in [2.24, 2.45) is 0 Å². The van der Waals surface area contributed by atoms with Crippen molar-refractivity contribution in [3.63, 3.8) is 0 Å². The smallest absolute Gasteiger partial charge is 0.288 e. The minimum atomic E-state index is -0.741. The molecule has 0 aliphatic carbocycles. The number of carbonyl (C=O) groups is 2. The van der Waals surface area contributed by atoms with Crippen LogP contribution in [0.4, 0.5) is 0 Å². The van der Waals surface area contributed by atoms with E-state index in [2.05, 4.69) is 5.32 Å². The van der Waals surface area contributed by atoms with E-state index >= 15 is 0 Å². The number of aryl methyl sites for hydroxylation is 1. The van der Waals surface area contributed by atoms with Gasteiger partial charge < -0.3 is 14.5 Å². The van der Waals surface area contributed by atoms with Crippen molar-refractivity contribution < 1.29 is 18.7 Å². The molecule has 0 spiro atoms. The van der Waals surface area contributed by atoms with Crippen LogP contribution in [0.5, 0.6) is 0 Å². The molecule has 6 heteroatoms. The summed E-state index contributed by atoms with van der Waals surface area (Å²) in [7, 11) is 0. The maximum Gasteiger partial charge on any atom is 0.288 e. The summed E-state index contributed by atoms with van der Waals surface area (Å²) in [6.07, 6.45) is 0.690. The van der Waals surface area contributed by atoms with Crippen LogP contribution in [0.25, 0.3) is 0 Å². The van der Waals surface area contributed by atoms with Crippen LogP contribution in [-0.2, 0) is 4.74 Å². The molecule has 6 nitrogen and oxygen atoms in total. The van der Waals surface area contributed by atoms with Crippen LogP contribution in [0.2, 0.25) is 0 Å². The molecule has 0 saturated carbocycles. The predicted molar refractivity (Wildman–Crippen MR) is 87.9 cm³/mol. The van der Waals surface area contributed by atoms with Crippen molar-refractivity contribution in [3.8, 4) is 0 Å². The Bertz CT molecular complexity index is 688. The van der Waals surface area contributed by atoms with Gasteiger partial charge in [-0.3, -0.25) is 14.5 Å². The second-order valence-electron chi connectivity index (χ2n) is 5.73. The van der Waals surface area contributed by atoms with Crippen LogP contribution < -0.4 is 5.32 Å². The average Bonchev–Trinajstić information content (AvgIpc) is 3.15. The van der Waals surface area contributed by atoms with Gasteiger partial charge >= 0.3 is 0 Å². The number of amides is 1. The Morgan fingerprint density at radius 1 is 1.12 bits per heavy atom. The molecule has 2 heterocycles. The molecule has 1 aromatic carbocycles. The van der Waals surface area contributed by atoms with E-state index < -0.39 is 12.1 Å². The van der Waals surface area contributed by atoms with Crippen LogP contribution in [-0.4, -0.2) is 49.1 Å². The molecule has 0 radical (unpaired) electrons. The summed E-state index contributed by atoms with van der Waals surface area (Å²) >= 11 is 0. The standard InChI is InChI=1S/C18H20N2O4/c1-13-4-6-14(7-5-13)16(21)17(20-8-11-23-12-9-20)19-18(22)15-3-2-10-24-15/h2-7,10,17H,8-9,11-12H2,1H3,(H,19,22)/t17-/m1/s1. The maximum absolute atomic E-state index is 12.9. The zero-order valence-corrected chi connectivity index (χ0v) is 13.5. The first-order valence-electron chi connectivity index (χ1n) is 7.92. The van der Waals surface area contributed by atoms with Crippen LogP contribution in [0.1, 0.15) is 26.5 Å². The Morgan fingerprint density at radius 3 is 2.46 bits per heavy atom. The highest BCUT2D eigenvalue weighted by Gasteiger charge is 2.30. The number of benzene rings is 1. The normalized spacial score (nSPS) is 16.5. The molecule has 1 aromatic heterocycles. The molecule has 1 aliphatic heterocycles. The van der Waals surface area contributed by atoms with Gasteiger partial charge in [-0.05, 0) is 19.1 Å². The summed E-state index contributed by atoms with van der Waals surface area (Å²) < 4.78 is 10.5. The monoisotopic (exact) mass is 328 g/mol. The summed E-state index contributed by atoms with van der Waals surface area (Å²) in [5, 5.41) is 2.79. The Balaban J connectivity index is 1.82. The Kier molecular flexibility index (Phi) is 5.08. The lowest BCUT2D eigenvalue weighted by atomic mass is 10.1. The number of hydrogen-bond donors (Lipinski definition) is 1. The Morgan fingerprint density at radius 2 is 1.83 bits per heavy atom.